The van der Waals surface area contributed by atoms with Gasteiger partial charge in [0.25, 0.3) is 0 Å². The molecule has 0 atom stereocenters. The molecule has 0 saturated heterocycles. The zero-order valence-electron chi connectivity index (χ0n) is 7.06. The Balaban J connectivity index is 3.01. The lowest BCUT2D eigenvalue weighted by Gasteiger charge is -2.12. The summed E-state index contributed by atoms with van der Waals surface area (Å²) in [4.78, 5) is 0. The minimum Gasteiger partial charge on any atom is -0.0988 e. The van der Waals surface area contributed by atoms with Crippen LogP contribution in [-0.4, -0.2) is 0 Å². The Bertz CT molecular complexity index is 239. The highest BCUT2D eigenvalue weighted by molar-refractivity contribution is 5.43. The summed E-state index contributed by atoms with van der Waals surface area (Å²) in [5, 5.41) is 0. The monoisotopic (exact) mass is 146 g/mol. The second kappa shape index (κ2) is 3.38. The Labute approximate surface area is 68.6 Å². The molecule has 58 valence electrons. The number of hydrogen-bond donors (Lipinski definition) is 0. The molecule has 1 aliphatic carbocycles. The Kier molecular flexibility index (Phi) is 2.48. The lowest BCUT2D eigenvalue weighted by Crippen LogP contribution is -1.93. The molecular formula is C11H14. The predicted molar refractivity (Wildman–Crippen MR) is 50.4 cm³/mol. The van der Waals surface area contributed by atoms with E-state index >= 15 is 0 Å². The van der Waals surface area contributed by atoms with E-state index in [1.165, 1.54) is 23.1 Å². The maximum absolute atomic E-state index is 3.77. The van der Waals surface area contributed by atoms with Gasteiger partial charge in [-0.25, -0.2) is 0 Å². The molecular weight excluding hydrogens is 132 g/mol. The van der Waals surface area contributed by atoms with Gasteiger partial charge in [-0.3, -0.25) is 0 Å². The number of allylic oxidation sites excluding steroid dienone is 6. The van der Waals surface area contributed by atoms with E-state index in [1.54, 1.807) is 0 Å². The van der Waals surface area contributed by atoms with Gasteiger partial charge in [-0.15, -0.1) is 0 Å². The minimum absolute atomic E-state index is 1.12. The van der Waals surface area contributed by atoms with Gasteiger partial charge in [0, 0.05) is 0 Å². The van der Waals surface area contributed by atoms with Gasteiger partial charge >= 0.3 is 0 Å². The zero-order valence-corrected chi connectivity index (χ0v) is 7.06. The van der Waals surface area contributed by atoms with Crippen LogP contribution in [0.4, 0.5) is 0 Å². The van der Waals surface area contributed by atoms with Gasteiger partial charge in [-0.1, -0.05) is 37.0 Å². The standard InChI is InChI=1S/C11H14/c1-4-10-7-6-9(3)8-11(10)5-2/h4-5,8H,1-2,6-7H2,3H3. The molecule has 0 aliphatic heterocycles. The molecule has 0 aromatic heterocycles. The van der Waals surface area contributed by atoms with Crippen LogP contribution in [0, 0.1) is 0 Å². The highest BCUT2D eigenvalue weighted by Gasteiger charge is 2.05. The van der Waals surface area contributed by atoms with Crippen LogP contribution in [-0.2, 0) is 0 Å². The fraction of sp³-hybridized carbons (Fsp3) is 0.273. The summed E-state index contributed by atoms with van der Waals surface area (Å²) in [6, 6.07) is 0. The maximum atomic E-state index is 3.77. The van der Waals surface area contributed by atoms with Gasteiger partial charge in [0.05, 0.1) is 0 Å². The maximum Gasteiger partial charge on any atom is -0.0231 e. The summed E-state index contributed by atoms with van der Waals surface area (Å²) < 4.78 is 0. The van der Waals surface area contributed by atoms with Gasteiger partial charge in [0.2, 0.25) is 0 Å². The van der Waals surface area contributed by atoms with E-state index in [-0.39, 0.29) is 0 Å². The van der Waals surface area contributed by atoms with Crippen LogP contribution in [0.3, 0.4) is 0 Å². The second-order valence-corrected chi connectivity index (χ2v) is 2.88. The highest BCUT2D eigenvalue weighted by atomic mass is 14.1. The van der Waals surface area contributed by atoms with E-state index in [9.17, 15) is 0 Å². The Morgan fingerprint density at radius 2 is 2.00 bits per heavy atom. The fourth-order valence-corrected chi connectivity index (χ4v) is 1.32. The first-order valence-corrected chi connectivity index (χ1v) is 3.93. The van der Waals surface area contributed by atoms with Crippen molar-refractivity contribution in [2.24, 2.45) is 0 Å². The molecule has 0 radical (unpaired) electrons. The fourth-order valence-electron chi connectivity index (χ4n) is 1.32. The highest BCUT2D eigenvalue weighted by Crippen LogP contribution is 2.24. The third-order valence-corrected chi connectivity index (χ3v) is 2.03. The first kappa shape index (κ1) is 8.06. The van der Waals surface area contributed by atoms with Crippen LogP contribution in [0.1, 0.15) is 19.8 Å². The normalized spacial score (nSPS) is 17.7. The van der Waals surface area contributed by atoms with Crippen molar-refractivity contribution in [2.45, 2.75) is 19.8 Å². The molecule has 0 nitrogen and oxygen atoms in total. The first-order valence-electron chi connectivity index (χ1n) is 3.93. The number of hydrogen-bond acceptors (Lipinski definition) is 0. The van der Waals surface area contributed by atoms with Crippen LogP contribution in [0.2, 0.25) is 0 Å². The summed E-state index contributed by atoms with van der Waals surface area (Å²) in [6.07, 6.45) is 8.30. The molecule has 11 heavy (non-hydrogen) atoms. The third kappa shape index (κ3) is 1.70. The van der Waals surface area contributed by atoms with Crippen LogP contribution in [0.15, 0.2) is 48.1 Å². The molecule has 0 unspecified atom stereocenters. The van der Waals surface area contributed by atoms with Crippen molar-refractivity contribution in [3.05, 3.63) is 48.1 Å². The molecule has 0 aromatic rings. The smallest absolute Gasteiger partial charge is 0.0231 e. The Morgan fingerprint density at radius 3 is 2.55 bits per heavy atom. The average molecular weight is 146 g/mol. The molecule has 0 heterocycles. The van der Waals surface area contributed by atoms with Crippen LogP contribution >= 0.6 is 0 Å². The average Bonchev–Trinajstić information content (AvgIpc) is 2.04. The molecule has 0 saturated carbocycles. The molecule has 0 N–H and O–H groups in total. The first-order chi connectivity index (χ1) is 5.27. The van der Waals surface area contributed by atoms with Crippen molar-refractivity contribution in [3.63, 3.8) is 0 Å². The Hall–Kier alpha value is -1.04. The van der Waals surface area contributed by atoms with Crippen LogP contribution in [0.25, 0.3) is 0 Å². The van der Waals surface area contributed by atoms with E-state index in [0.29, 0.717) is 0 Å². The van der Waals surface area contributed by atoms with Gasteiger partial charge in [-0.2, -0.15) is 0 Å². The van der Waals surface area contributed by atoms with E-state index in [1.807, 2.05) is 12.2 Å². The van der Waals surface area contributed by atoms with Crippen LogP contribution < -0.4 is 0 Å². The number of rotatable bonds is 2. The molecule has 0 spiro atoms. The van der Waals surface area contributed by atoms with Crippen molar-refractivity contribution < 1.29 is 0 Å². The van der Waals surface area contributed by atoms with Gasteiger partial charge < -0.3 is 0 Å². The summed E-state index contributed by atoms with van der Waals surface area (Å²) >= 11 is 0. The Morgan fingerprint density at radius 1 is 1.27 bits per heavy atom. The molecule has 0 amide bonds. The molecule has 0 heteroatoms. The third-order valence-electron chi connectivity index (χ3n) is 2.03. The van der Waals surface area contributed by atoms with Crippen molar-refractivity contribution in [1.82, 2.24) is 0 Å². The lowest BCUT2D eigenvalue weighted by atomic mass is 9.93. The van der Waals surface area contributed by atoms with Crippen molar-refractivity contribution in [1.29, 1.82) is 0 Å². The molecule has 0 fully saturated rings. The van der Waals surface area contributed by atoms with Crippen LogP contribution in [0.5, 0.6) is 0 Å². The zero-order chi connectivity index (χ0) is 8.27. The molecule has 0 bridgehead atoms. The SMILES string of the molecule is C=CC1=C(C=C)CCC(C)=C1. The summed E-state index contributed by atoms with van der Waals surface area (Å²) in [5.74, 6) is 0. The van der Waals surface area contributed by atoms with Crippen molar-refractivity contribution >= 4 is 0 Å². The van der Waals surface area contributed by atoms with Crippen molar-refractivity contribution in [2.75, 3.05) is 0 Å². The van der Waals surface area contributed by atoms with Gasteiger partial charge in [0.15, 0.2) is 0 Å². The molecule has 1 aliphatic rings. The second-order valence-electron chi connectivity index (χ2n) is 2.88. The van der Waals surface area contributed by atoms with E-state index in [0.717, 1.165) is 6.42 Å². The lowest BCUT2D eigenvalue weighted by molar-refractivity contribution is 0.918. The minimum atomic E-state index is 1.12. The van der Waals surface area contributed by atoms with Crippen molar-refractivity contribution in [3.8, 4) is 0 Å². The van der Waals surface area contributed by atoms with E-state index < -0.39 is 0 Å². The summed E-state index contributed by atoms with van der Waals surface area (Å²) in [5.41, 5.74) is 4.00. The molecule has 0 aromatic carbocycles. The quantitative estimate of drug-likeness (QED) is 0.560. The predicted octanol–water partition coefficient (Wildman–Crippen LogP) is 3.40. The van der Waals surface area contributed by atoms with Gasteiger partial charge in [0.1, 0.15) is 0 Å². The summed E-state index contributed by atoms with van der Waals surface area (Å²) in [6.45, 7) is 9.70. The largest absolute Gasteiger partial charge is 0.0988 e. The van der Waals surface area contributed by atoms with Gasteiger partial charge in [-0.05, 0) is 30.9 Å². The van der Waals surface area contributed by atoms with E-state index in [4.69, 9.17) is 0 Å². The summed E-state index contributed by atoms with van der Waals surface area (Å²) in [7, 11) is 0. The molecule has 1 rings (SSSR count). The van der Waals surface area contributed by atoms with E-state index in [2.05, 4.69) is 26.2 Å². The topological polar surface area (TPSA) is 0 Å².